The number of halogens is 4. The van der Waals surface area contributed by atoms with Crippen LogP contribution in [0.1, 0.15) is 13.8 Å². The molecule has 0 aromatic heterocycles. The van der Waals surface area contributed by atoms with E-state index in [1.807, 2.05) is 0 Å². The van der Waals surface area contributed by atoms with Crippen LogP contribution in [0.25, 0.3) is 0 Å². The monoisotopic (exact) mass is 217 g/mol. The zero-order chi connectivity index (χ0) is 11.4. The van der Waals surface area contributed by atoms with Crippen LogP contribution in [0.4, 0.5) is 17.6 Å². The van der Waals surface area contributed by atoms with Crippen molar-refractivity contribution in [1.29, 1.82) is 0 Å². The molecule has 2 nitrogen and oxygen atoms in total. The van der Waals surface area contributed by atoms with Gasteiger partial charge in [-0.1, -0.05) is 13.8 Å². The minimum absolute atomic E-state index is 0.0387. The summed E-state index contributed by atoms with van der Waals surface area (Å²) in [6, 6.07) is 0. The van der Waals surface area contributed by atoms with E-state index in [4.69, 9.17) is 5.73 Å². The first kappa shape index (κ1) is 13.6. The van der Waals surface area contributed by atoms with Gasteiger partial charge in [0.15, 0.2) is 0 Å². The molecule has 0 heterocycles. The first-order valence-corrected chi connectivity index (χ1v) is 4.29. The van der Waals surface area contributed by atoms with Crippen LogP contribution in [-0.4, -0.2) is 31.6 Å². The minimum atomic E-state index is -4.09. The standard InChI is InChI=1S/C8H15F4NO/c1-5(2)6(3-13)14-4-8(11,12)7(9)10/h5-7H,3-4,13H2,1-2H3. The largest absolute Gasteiger partial charge is 0.370 e. The molecule has 0 radical (unpaired) electrons. The van der Waals surface area contributed by atoms with E-state index in [-0.39, 0.29) is 12.5 Å². The summed E-state index contributed by atoms with van der Waals surface area (Å²) in [6.07, 6.45) is -4.31. The lowest BCUT2D eigenvalue weighted by Gasteiger charge is -2.23. The molecule has 0 saturated carbocycles. The molecule has 0 saturated heterocycles. The van der Waals surface area contributed by atoms with E-state index in [0.717, 1.165) is 0 Å². The molecule has 0 fully saturated rings. The lowest BCUT2D eigenvalue weighted by molar-refractivity contribution is -0.178. The first-order valence-electron chi connectivity index (χ1n) is 4.29. The molecule has 0 bridgehead atoms. The lowest BCUT2D eigenvalue weighted by atomic mass is 10.1. The van der Waals surface area contributed by atoms with Crippen LogP contribution in [0.5, 0.6) is 0 Å². The maximum absolute atomic E-state index is 12.4. The molecule has 0 aromatic rings. The van der Waals surface area contributed by atoms with Gasteiger partial charge in [0.25, 0.3) is 0 Å². The molecule has 1 atom stereocenters. The van der Waals surface area contributed by atoms with Crippen LogP contribution in [-0.2, 0) is 4.74 Å². The van der Waals surface area contributed by atoms with Crippen LogP contribution in [0, 0.1) is 5.92 Å². The Kier molecular flexibility index (Phi) is 5.36. The third kappa shape index (κ3) is 4.23. The zero-order valence-corrected chi connectivity index (χ0v) is 8.14. The highest BCUT2D eigenvalue weighted by Crippen LogP contribution is 2.24. The van der Waals surface area contributed by atoms with E-state index in [1.54, 1.807) is 13.8 Å². The molecule has 0 aliphatic carbocycles. The Morgan fingerprint density at radius 2 is 1.79 bits per heavy atom. The van der Waals surface area contributed by atoms with Gasteiger partial charge in [0.05, 0.1) is 6.10 Å². The Morgan fingerprint density at radius 1 is 1.29 bits per heavy atom. The van der Waals surface area contributed by atoms with Crippen molar-refractivity contribution in [2.75, 3.05) is 13.2 Å². The predicted octanol–water partition coefficient (Wildman–Crippen LogP) is 1.89. The predicted molar refractivity (Wildman–Crippen MR) is 44.6 cm³/mol. The van der Waals surface area contributed by atoms with Gasteiger partial charge in [-0.25, -0.2) is 8.78 Å². The fourth-order valence-electron chi connectivity index (χ4n) is 0.814. The van der Waals surface area contributed by atoms with E-state index in [1.165, 1.54) is 0 Å². The van der Waals surface area contributed by atoms with Gasteiger partial charge in [0.2, 0.25) is 0 Å². The fraction of sp³-hybridized carbons (Fsp3) is 1.00. The summed E-state index contributed by atoms with van der Waals surface area (Å²) in [7, 11) is 0. The maximum Gasteiger partial charge on any atom is 0.330 e. The van der Waals surface area contributed by atoms with Crippen molar-refractivity contribution in [1.82, 2.24) is 0 Å². The maximum atomic E-state index is 12.4. The summed E-state index contributed by atoms with van der Waals surface area (Å²) in [6.45, 7) is 2.19. The molecule has 0 spiro atoms. The third-order valence-electron chi connectivity index (χ3n) is 1.78. The zero-order valence-electron chi connectivity index (χ0n) is 8.14. The summed E-state index contributed by atoms with van der Waals surface area (Å²) in [5, 5.41) is 0. The number of hydrogen-bond donors (Lipinski definition) is 1. The second-order valence-corrected chi connectivity index (χ2v) is 3.39. The second-order valence-electron chi connectivity index (χ2n) is 3.39. The van der Waals surface area contributed by atoms with Gasteiger partial charge in [-0.05, 0) is 5.92 Å². The van der Waals surface area contributed by atoms with E-state index < -0.39 is 25.1 Å². The Labute approximate surface area is 80.4 Å². The molecule has 0 rings (SSSR count). The average molecular weight is 217 g/mol. The molecule has 0 aromatic carbocycles. The molecular formula is C8H15F4NO. The van der Waals surface area contributed by atoms with Crippen molar-refractivity contribution in [2.24, 2.45) is 11.7 Å². The van der Waals surface area contributed by atoms with Gasteiger partial charge < -0.3 is 10.5 Å². The molecule has 6 heteroatoms. The van der Waals surface area contributed by atoms with Crippen LogP contribution in [0.2, 0.25) is 0 Å². The van der Waals surface area contributed by atoms with Crippen molar-refractivity contribution in [3.05, 3.63) is 0 Å². The summed E-state index contributed by atoms with van der Waals surface area (Å²) < 4.78 is 52.8. The Morgan fingerprint density at radius 3 is 2.07 bits per heavy atom. The number of nitrogens with two attached hydrogens (primary N) is 1. The Bertz CT molecular complexity index is 163. The van der Waals surface area contributed by atoms with E-state index in [9.17, 15) is 17.6 Å². The van der Waals surface area contributed by atoms with Crippen molar-refractivity contribution in [2.45, 2.75) is 32.3 Å². The summed E-state index contributed by atoms with van der Waals surface area (Å²) >= 11 is 0. The number of hydrogen-bond acceptors (Lipinski definition) is 2. The molecule has 86 valence electrons. The highest BCUT2D eigenvalue weighted by atomic mass is 19.3. The van der Waals surface area contributed by atoms with Crippen LogP contribution in [0.15, 0.2) is 0 Å². The molecule has 14 heavy (non-hydrogen) atoms. The van der Waals surface area contributed by atoms with E-state index >= 15 is 0 Å². The average Bonchev–Trinajstić information content (AvgIpc) is 2.04. The molecule has 0 aliphatic rings. The van der Waals surface area contributed by atoms with Gasteiger partial charge >= 0.3 is 12.3 Å². The van der Waals surface area contributed by atoms with Crippen LogP contribution >= 0.6 is 0 Å². The quantitative estimate of drug-likeness (QED) is 0.689. The lowest BCUT2D eigenvalue weighted by Crippen LogP contribution is -2.38. The van der Waals surface area contributed by atoms with E-state index in [0.29, 0.717) is 0 Å². The molecule has 2 N–H and O–H groups in total. The third-order valence-corrected chi connectivity index (χ3v) is 1.78. The minimum Gasteiger partial charge on any atom is -0.370 e. The molecule has 0 aliphatic heterocycles. The SMILES string of the molecule is CC(C)C(CN)OCC(F)(F)C(F)F. The first-order chi connectivity index (χ1) is 6.31. The van der Waals surface area contributed by atoms with Gasteiger partial charge in [0.1, 0.15) is 6.61 Å². The highest BCUT2D eigenvalue weighted by Gasteiger charge is 2.41. The van der Waals surface area contributed by atoms with Crippen molar-refractivity contribution in [3.8, 4) is 0 Å². The molecule has 1 unspecified atom stereocenters. The number of ether oxygens (including phenoxy) is 1. The summed E-state index contributed by atoms with van der Waals surface area (Å²) in [5.74, 6) is -4.17. The normalized spacial score (nSPS) is 15.2. The molecular weight excluding hydrogens is 202 g/mol. The van der Waals surface area contributed by atoms with Gasteiger partial charge in [-0.3, -0.25) is 0 Å². The second kappa shape index (κ2) is 5.50. The van der Waals surface area contributed by atoms with E-state index in [2.05, 4.69) is 4.74 Å². The van der Waals surface area contributed by atoms with Crippen molar-refractivity contribution in [3.63, 3.8) is 0 Å². The molecule has 0 amide bonds. The summed E-state index contributed by atoms with van der Waals surface area (Å²) in [5.41, 5.74) is 5.22. The van der Waals surface area contributed by atoms with Gasteiger partial charge in [0, 0.05) is 6.54 Å². The smallest absolute Gasteiger partial charge is 0.330 e. The van der Waals surface area contributed by atoms with Gasteiger partial charge in [-0.15, -0.1) is 0 Å². The summed E-state index contributed by atoms with van der Waals surface area (Å²) in [4.78, 5) is 0. The Balaban J connectivity index is 4.02. The fourth-order valence-corrected chi connectivity index (χ4v) is 0.814. The van der Waals surface area contributed by atoms with Crippen LogP contribution < -0.4 is 5.73 Å². The number of alkyl halides is 4. The highest BCUT2D eigenvalue weighted by molar-refractivity contribution is 4.71. The Hall–Kier alpha value is -0.360. The van der Waals surface area contributed by atoms with Crippen molar-refractivity contribution < 1.29 is 22.3 Å². The number of rotatable bonds is 6. The van der Waals surface area contributed by atoms with Gasteiger partial charge in [-0.2, -0.15) is 8.78 Å². The topological polar surface area (TPSA) is 35.2 Å². The van der Waals surface area contributed by atoms with Crippen LogP contribution in [0.3, 0.4) is 0 Å². The van der Waals surface area contributed by atoms with Crippen molar-refractivity contribution >= 4 is 0 Å².